The molecule has 9 heteroatoms. The van der Waals surface area contributed by atoms with Crippen molar-refractivity contribution in [2.75, 3.05) is 47.5 Å². The molecule has 0 heterocycles. The van der Waals surface area contributed by atoms with Gasteiger partial charge in [-0.1, -0.05) is 286 Å². The Morgan fingerprint density at radius 1 is 0.403 bits per heavy atom. The van der Waals surface area contributed by atoms with Crippen LogP contribution in [-0.4, -0.2) is 87.4 Å². The van der Waals surface area contributed by atoms with Gasteiger partial charge in [0.05, 0.1) is 34.4 Å². The SMILES string of the molecule is CC/C=C\C/C=C\C/C=C\C/C=C\C/C=C\CCCCCC(=O)OC(COC(=O)CCCCCCCCCCCCCCCCCCCCCCCCCCCCCCCCCCC)COC(OCC[N+](C)(C)C)C(=O)O. The van der Waals surface area contributed by atoms with Crippen LogP contribution in [0.1, 0.15) is 296 Å². The first kappa shape index (κ1) is 74.0. The van der Waals surface area contributed by atoms with Crippen molar-refractivity contribution in [3.63, 3.8) is 0 Å². The third-order valence-corrected chi connectivity index (χ3v) is 14.3. The van der Waals surface area contributed by atoms with Crippen LogP contribution in [0, 0.1) is 0 Å². The zero-order valence-electron chi connectivity index (χ0n) is 51.1. The van der Waals surface area contributed by atoms with Gasteiger partial charge in [0.1, 0.15) is 13.2 Å². The number of hydrogen-bond acceptors (Lipinski definition) is 7. The second-order valence-electron chi connectivity index (χ2n) is 23.1. The van der Waals surface area contributed by atoms with Gasteiger partial charge >= 0.3 is 17.9 Å². The van der Waals surface area contributed by atoms with Gasteiger partial charge in [0, 0.05) is 12.8 Å². The standard InChI is InChI=1S/C68H123NO8/c1-6-8-10-12-14-16-18-20-22-24-26-27-28-29-30-31-32-33-34-35-36-37-38-39-41-42-44-46-48-50-52-54-56-58-65(70)75-62-64(63-76-68(67(72)73)74-61-60-69(3,4)5)77-66(71)59-57-55-53-51-49-47-45-43-40-25-23-21-19-17-15-13-11-9-7-2/h9,11,15,17,21,23,40,43,47,49,64,68H,6-8,10,12-14,16,18-20,22,24-39,41-42,44-46,48,50-63H2,1-5H3/p+1/b11-9-,17-15-,23-21-,43-40-,49-47-. The highest BCUT2D eigenvalue weighted by molar-refractivity contribution is 5.71. The van der Waals surface area contributed by atoms with E-state index in [1.165, 1.54) is 193 Å². The summed E-state index contributed by atoms with van der Waals surface area (Å²) < 4.78 is 22.9. The van der Waals surface area contributed by atoms with Crippen LogP contribution in [0.25, 0.3) is 0 Å². The summed E-state index contributed by atoms with van der Waals surface area (Å²) in [5.74, 6) is -2.04. The summed E-state index contributed by atoms with van der Waals surface area (Å²) in [7, 11) is 5.96. The van der Waals surface area contributed by atoms with Crippen LogP contribution in [-0.2, 0) is 33.3 Å². The molecule has 0 radical (unpaired) electrons. The number of carboxylic acid groups (broad SMARTS) is 1. The lowest BCUT2D eigenvalue weighted by Crippen LogP contribution is -2.40. The first-order valence-corrected chi connectivity index (χ1v) is 32.5. The van der Waals surface area contributed by atoms with Crippen LogP contribution in [0.4, 0.5) is 0 Å². The average Bonchev–Trinajstić information content (AvgIpc) is 3.40. The average molecular weight is 1080 g/mol. The second kappa shape index (κ2) is 59.1. The largest absolute Gasteiger partial charge is 0.477 e. The maximum atomic E-state index is 12.9. The van der Waals surface area contributed by atoms with E-state index in [4.69, 9.17) is 18.9 Å². The molecule has 9 nitrogen and oxygen atoms in total. The lowest BCUT2D eigenvalue weighted by atomic mass is 10.0. The molecule has 448 valence electrons. The fraction of sp³-hybridized carbons (Fsp3) is 0.809. The van der Waals surface area contributed by atoms with E-state index in [0.29, 0.717) is 23.9 Å². The number of esters is 2. The van der Waals surface area contributed by atoms with Gasteiger partial charge in [-0.15, -0.1) is 0 Å². The number of aliphatic carboxylic acids is 1. The van der Waals surface area contributed by atoms with Gasteiger partial charge in [-0.05, 0) is 57.8 Å². The van der Waals surface area contributed by atoms with Gasteiger partial charge < -0.3 is 28.5 Å². The molecular weight excluding hydrogens is 959 g/mol. The van der Waals surface area contributed by atoms with Gasteiger partial charge in [0.2, 0.25) is 0 Å². The molecule has 0 saturated carbocycles. The zero-order chi connectivity index (χ0) is 56.2. The Morgan fingerprint density at radius 3 is 1.10 bits per heavy atom. The summed E-state index contributed by atoms with van der Waals surface area (Å²) in [5, 5.41) is 9.71. The Kier molecular flexibility index (Phi) is 56.8. The van der Waals surface area contributed by atoms with Crippen LogP contribution in [0.5, 0.6) is 0 Å². The van der Waals surface area contributed by atoms with Crippen molar-refractivity contribution in [3.8, 4) is 0 Å². The molecular formula is C68H124NO8+. The molecule has 0 bridgehead atoms. The lowest BCUT2D eigenvalue weighted by Gasteiger charge is -2.25. The van der Waals surface area contributed by atoms with Crippen molar-refractivity contribution in [1.82, 2.24) is 0 Å². The first-order chi connectivity index (χ1) is 37.6. The normalized spacial score (nSPS) is 13.1. The summed E-state index contributed by atoms with van der Waals surface area (Å²) in [5.41, 5.74) is 0. The fourth-order valence-electron chi connectivity index (χ4n) is 9.34. The van der Waals surface area contributed by atoms with Crippen molar-refractivity contribution in [2.45, 2.75) is 309 Å². The fourth-order valence-corrected chi connectivity index (χ4v) is 9.34. The zero-order valence-corrected chi connectivity index (χ0v) is 51.1. The molecule has 77 heavy (non-hydrogen) atoms. The van der Waals surface area contributed by atoms with Gasteiger partial charge in [-0.2, -0.15) is 0 Å². The number of carboxylic acids is 1. The lowest BCUT2D eigenvalue weighted by molar-refractivity contribution is -0.870. The van der Waals surface area contributed by atoms with Gasteiger partial charge in [0.15, 0.2) is 6.10 Å². The molecule has 0 aliphatic carbocycles. The van der Waals surface area contributed by atoms with Gasteiger partial charge in [-0.25, -0.2) is 4.79 Å². The maximum Gasteiger partial charge on any atom is 0.361 e. The molecule has 0 spiro atoms. The second-order valence-corrected chi connectivity index (χ2v) is 23.1. The molecule has 0 aliphatic heterocycles. The van der Waals surface area contributed by atoms with Crippen molar-refractivity contribution in [2.24, 2.45) is 0 Å². The Morgan fingerprint density at radius 2 is 0.740 bits per heavy atom. The number of hydrogen-bond donors (Lipinski definition) is 1. The minimum atomic E-state index is -1.52. The van der Waals surface area contributed by atoms with E-state index in [2.05, 4.69) is 74.6 Å². The van der Waals surface area contributed by atoms with Gasteiger partial charge in [-0.3, -0.25) is 9.59 Å². The molecule has 0 aromatic heterocycles. The molecule has 1 N–H and O–H groups in total. The van der Waals surface area contributed by atoms with E-state index in [0.717, 1.165) is 70.6 Å². The third-order valence-electron chi connectivity index (χ3n) is 14.3. The molecule has 0 aliphatic rings. The number of rotatable bonds is 60. The minimum absolute atomic E-state index is 0.180. The molecule has 0 aromatic carbocycles. The smallest absolute Gasteiger partial charge is 0.361 e. The predicted molar refractivity (Wildman–Crippen MR) is 327 cm³/mol. The molecule has 2 unspecified atom stereocenters. The number of quaternary nitrogens is 1. The van der Waals surface area contributed by atoms with Crippen LogP contribution >= 0.6 is 0 Å². The monoisotopic (exact) mass is 1080 g/mol. The summed E-state index contributed by atoms with van der Waals surface area (Å²) in [6.45, 7) is 4.76. The van der Waals surface area contributed by atoms with Crippen molar-refractivity contribution in [1.29, 1.82) is 0 Å². The van der Waals surface area contributed by atoms with E-state index >= 15 is 0 Å². The molecule has 0 rings (SSSR count). The number of carbonyl (C=O) groups excluding carboxylic acids is 2. The van der Waals surface area contributed by atoms with Crippen LogP contribution in [0.3, 0.4) is 0 Å². The highest BCUT2D eigenvalue weighted by Gasteiger charge is 2.25. The number of nitrogens with zero attached hydrogens (tertiary/aromatic N) is 1. The number of ether oxygens (including phenoxy) is 4. The molecule has 0 fully saturated rings. The quantitative estimate of drug-likeness (QED) is 0.0211. The summed E-state index contributed by atoms with van der Waals surface area (Å²) in [6.07, 6.45) is 73.4. The van der Waals surface area contributed by atoms with E-state index in [1.54, 1.807) is 0 Å². The van der Waals surface area contributed by atoms with E-state index in [9.17, 15) is 19.5 Å². The Bertz CT molecular complexity index is 1450. The number of unbranched alkanes of at least 4 members (excludes halogenated alkanes) is 35. The summed E-state index contributed by atoms with van der Waals surface area (Å²) in [4.78, 5) is 37.5. The van der Waals surface area contributed by atoms with Crippen molar-refractivity contribution in [3.05, 3.63) is 60.8 Å². The number of likely N-dealkylation sites (N-methyl/N-ethyl adjacent to an activating group) is 1. The van der Waals surface area contributed by atoms with E-state index < -0.39 is 24.3 Å². The number of allylic oxidation sites excluding steroid dienone is 10. The van der Waals surface area contributed by atoms with Crippen molar-refractivity contribution < 1.29 is 42.9 Å². The van der Waals surface area contributed by atoms with E-state index in [-0.39, 0.29) is 32.2 Å². The van der Waals surface area contributed by atoms with Crippen LogP contribution in [0.2, 0.25) is 0 Å². The van der Waals surface area contributed by atoms with Gasteiger partial charge in [0.25, 0.3) is 6.29 Å². The number of carbonyl (C=O) groups is 3. The summed E-state index contributed by atoms with van der Waals surface area (Å²) >= 11 is 0. The van der Waals surface area contributed by atoms with Crippen molar-refractivity contribution >= 4 is 17.9 Å². The topological polar surface area (TPSA) is 108 Å². The van der Waals surface area contributed by atoms with Crippen LogP contribution < -0.4 is 0 Å². The highest BCUT2D eigenvalue weighted by Crippen LogP contribution is 2.18. The Labute approximate surface area is 475 Å². The Balaban J connectivity index is 4.08. The molecule has 0 aromatic rings. The Hall–Kier alpha value is -3.01. The molecule has 2 atom stereocenters. The van der Waals surface area contributed by atoms with E-state index in [1.807, 2.05) is 21.1 Å². The summed E-state index contributed by atoms with van der Waals surface area (Å²) in [6, 6.07) is 0. The third kappa shape index (κ3) is 60.5. The first-order valence-electron chi connectivity index (χ1n) is 32.5. The minimum Gasteiger partial charge on any atom is -0.477 e. The molecule has 0 amide bonds. The predicted octanol–water partition coefficient (Wildman–Crippen LogP) is 19.6. The molecule has 0 saturated heterocycles. The highest BCUT2D eigenvalue weighted by atomic mass is 16.7. The maximum absolute atomic E-state index is 12.9. The van der Waals surface area contributed by atoms with Crippen LogP contribution in [0.15, 0.2) is 60.8 Å².